The molecule has 2 aliphatic rings. The lowest BCUT2D eigenvalue weighted by molar-refractivity contribution is -0.157. The summed E-state index contributed by atoms with van der Waals surface area (Å²) >= 11 is 0. The van der Waals surface area contributed by atoms with Crippen LogP contribution in [0.15, 0.2) is 12.4 Å². The van der Waals surface area contributed by atoms with E-state index >= 15 is 0 Å². The van der Waals surface area contributed by atoms with Gasteiger partial charge in [-0.05, 0) is 19.3 Å². The van der Waals surface area contributed by atoms with Crippen molar-refractivity contribution < 1.29 is 14.3 Å². The largest absolute Gasteiger partial charge is 0.457 e. The molecule has 1 aromatic heterocycles. The van der Waals surface area contributed by atoms with Gasteiger partial charge in [0.1, 0.15) is 18.0 Å². The van der Waals surface area contributed by atoms with Gasteiger partial charge in [-0.1, -0.05) is 13.8 Å². The number of imidazole rings is 1. The number of piperidine rings is 1. The number of likely N-dealkylation sites (tertiary alicyclic amines) is 1. The fourth-order valence-electron chi connectivity index (χ4n) is 3.47. The number of rotatable bonds is 3. The highest BCUT2D eigenvalue weighted by Gasteiger charge is 2.44. The van der Waals surface area contributed by atoms with Crippen LogP contribution in [0.2, 0.25) is 0 Å². The summed E-state index contributed by atoms with van der Waals surface area (Å²) in [5.41, 5.74) is -0.430. The highest BCUT2D eigenvalue weighted by molar-refractivity contribution is 5.77. The van der Waals surface area contributed by atoms with Crippen LogP contribution in [-0.4, -0.2) is 45.0 Å². The van der Waals surface area contributed by atoms with E-state index in [1.54, 1.807) is 6.20 Å². The summed E-state index contributed by atoms with van der Waals surface area (Å²) in [7, 11) is 0. The van der Waals surface area contributed by atoms with Crippen molar-refractivity contribution in [1.29, 1.82) is 0 Å². The molecule has 120 valence electrons. The highest BCUT2D eigenvalue weighted by atomic mass is 16.6. The molecule has 0 aromatic carbocycles. The third-order valence-electron chi connectivity index (χ3n) is 4.58. The molecule has 0 radical (unpaired) electrons. The van der Waals surface area contributed by atoms with Crippen LogP contribution in [0, 0.1) is 0 Å². The van der Waals surface area contributed by atoms with Gasteiger partial charge in [0.25, 0.3) is 0 Å². The summed E-state index contributed by atoms with van der Waals surface area (Å²) in [4.78, 5) is 30.2. The number of aromatic nitrogens is 2. The van der Waals surface area contributed by atoms with Crippen molar-refractivity contribution in [3.8, 4) is 0 Å². The van der Waals surface area contributed by atoms with Gasteiger partial charge in [-0.25, -0.2) is 4.98 Å². The monoisotopic (exact) mass is 305 g/mol. The van der Waals surface area contributed by atoms with Crippen LogP contribution < -0.4 is 0 Å². The van der Waals surface area contributed by atoms with Gasteiger partial charge in [0.2, 0.25) is 5.91 Å². The van der Waals surface area contributed by atoms with Gasteiger partial charge in [0.05, 0.1) is 6.54 Å². The second-order valence-corrected chi connectivity index (χ2v) is 6.64. The molecule has 6 heteroatoms. The Labute approximate surface area is 130 Å². The summed E-state index contributed by atoms with van der Waals surface area (Å²) in [5, 5.41) is 0. The zero-order chi connectivity index (χ0) is 15.7. The van der Waals surface area contributed by atoms with E-state index in [9.17, 15) is 9.59 Å². The zero-order valence-electron chi connectivity index (χ0n) is 13.2. The standard InChI is InChI=1S/C16H23N3O3/c1-12(2)15-17-7-9-18(15)10-13(20)19-8-3-5-16(11-19)6-4-14(21)22-16/h7,9,12H,3-6,8,10-11H2,1-2H3/t16-/m1/s1. The molecule has 1 atom stereocenters. The van der Waals surface area contributed by atoms with Crippen molar-refractivity contribution in [2.24, 2.45) is 0 Å². The number of carbonyl (C=O) groups excluding carboxylic acids is 2. The quantitative estimate of drug-likeness (QED) is 0.797. The fraction of sp³-hybridized carbons (Fsp3) is 0.688. The first kappa shape index (κ1) is 15.1. The van der Waals surface area contributed by atoms with E-state index in [1.165, 1.54) is 0 Å². The minimum Gasteiger partial charge on any atom is -0.457 e. The molecular formula is C16H23N3O3. The fourth-order valence-corrected chi connectivity index (χ4v) is 3.47. The van der Waals surface area contributed by atoms with Crippen LogP contribution >= 0.6 is 0 Å². The lowest BCUT2D eigenvalue weighted by Crippen LogP contribution is -2.51. The van der Waals surface area contributed by atoms with E-state index in [-0.39, 0.29) is 17.8 Å². The third kappa shape index (κ3) is 2.87. The Bertz CT molecular complexity index is 581. The Morgan fingerprint density at radius 3 is 2.95 bits per heavy atom. The number of ether oxygens (including phenoxy) is 1. The Morgan fingerprint density at radius 1 is 1.45 bits per heavy atom. The average molecular weight is 305 g/mol. The van der Waals surface area contributed by atoms with Crippen LogP contribution in [0.25, 0.3) is 0 Å². The summed E-state index contributed by atoms with van der Waals surface area (Å²) in [6.07, 6.45) is 6.55. The molecule has 2 aliphatic heterocycles. The SMILES string of the molecule is CC(C)c1nccn1CC(=O)N1CCC[C@@]2(CCC(=O)O2)C1. The average Bonchev–Trinajstić information content (AvgIpc) is 3.06. The van der Waals surface area contributed by atoms with Crippen molar-refractivity contribution >= 4 is 11.9 Å². The minimum absolute atomic E-state index is 0.0712. The summed E-state index contributed by atoms with van der Waals surface area (Å²) < 4.78 is 7.43. The van der Waals surface area contributed by atoms with E-state index in [0.717, 1.165) is 31.6 Å². The second kappa shape index (κ2) is 5.74. The summed E-state index contributed by atoms with van der Waals surface area (Å²) in [6, 6.07) is 0. The zero-order valence-corrected chi connectivity index (χ0v) is 13.2. The summed E-state index contributed by atoms with van der Waals surface area (Å²) in [6.45, 7) is 5.71. The number of hydrogen-bond donors (Lipinski definition) is 0. The van der Waals surface area contributed by atoms with Gasteiger partial charge in [0.15, 0.2) is 0 Å². The number of amides is 1. The molecular weight excluding hydrogens is 282 g/mol. The normalized spacial score (nSPS) is 25.0. The third-order valence-corrected chi connectivity index (χ3v) is 4.58. The van der Waals surface area contributed by atoms with Crippen molar-refractivity contribution in [2.45, 2.75) is 57.6 Å². The predicted molar refractivity (Wildman–Crippen MR) is 80.2 cm³/mol. The molecule has 2 saturated heterocycles. The predicted octanol–water partition coefficient (Wildman–Crippen LogP) is 1.70. The molecule has 1 amide bonds. The lowest BCUT2D eigenvalue weighted by atomic mass is 9.90. The first-order valence-electron chi connectivity index (χ1n) is 8.00. The maximum Gasteiger partial charge on any atom is 0.306 e. The molecule has 1 spiro atoms. The van der Waals surface area contributed by atoms with E-state index in [1.807, 2.05) is 15.7 Å². The van der Waals surface area contributed by atoms with Crippen molar-refractivity contribution in [1.82, 2.24) is 14.5 Å². The Kier molecular flexibility index (Phi) is 3.93. The van der Waals surface area contributed by atoms with Crippen LogP contribution in [0.3, 0.4) is 0 Å². The van der Waals surface area contributed by atoms with Gasteiger partial charge >= 0.3 is 5.97 Å². The van der Waals surface area contributed by atoms with Gasteiger partial charge in [-0.3, -0.25) is 9.59 Å². The van der Waals surface area contributed by atoms with Crippen molar-refractivity contribution in [3.63, 3.8) is 0 Å². The molecule has 3 heterocycles. The van der Waals surface area contributed by atoms with Gasteiger partial charge in [-0.2, -0.15) is 0 Å². The van der Waals surface area contributed by atoms with Gasteiger partial charge < -0.3 is 14.2 Å². The minimum atomic E-state index is -0.430. The number of esters is 1. The van der Waals surface area contributed by atoms with Crippen LogP contribution in [0.4, 0.5) is 0 Å². The first-order valence-corrected chi connectivity index (χ1v) is 8.00. The second-order valence-electron chi connectivity index (χ2n) is 6.64. The Balaban J connectivity index is 1.67. The molecule has 0 unspecified atom stereocenters. The molecule has 3 rings (SSSR count). The molecule has 1 aromatic rings. The Hall–Kier alpha value is -1.85. The van der Waals surface area contributed by atoms with E-state index in [0.29, 0.717) is 19.5 Å². The smallest absolute Gasteiger partial charge is 0.306 e. The number of carbonyl (C=O) groups is 2. The Morgan fingerprint density at radius 2 is 2.27 bits per heavy atom. The molecule has 0 bridgehead atoms. The van der Waals surface area contributed by atoms with E-state index < -0.39 is 5.60 Å². The molecule has 0 saturated carbocycles. The van der Waals surface area contributed by atoms with E-state index in [2.05, 4.69) is 18.8 Å². The summed E-state index contributed by atoms with van der Waals surface area (Å²) in [5.74, 6) is 1.14. The maximum absolute atomic E-state index is 12.6. The molecule has 0 N–H and O–H groups in total. The number of hydrogen-bond acceptors (Lipinski definition) is 4. The molecule has 6 nitrogen and oxygen atoms in total. The van der Waals surface area contributed by atoms with Crippen LogP contribution in [-0.2, 0) is 20.9 Å². The van der Waals surface area contributed by atoms with Crippen LogP contribution in [0.5, 0.6) is 0 Å². The molecule has 22 heavy (non-hydrogen) atoms. The maximum atomic E-state index is 12.6. The molecule has 2 fully saturated rings. The van der Waals surface area contributed by atoms with Crippen molar-refractivity contribution in [2.75, 3.05) is 13.1 Å². The number of nitrogens with zero attached hydrogens (tertiary/aromatic N) is 3. The lowest BCUT2D eigenvalue weighted by Gasteiger charge is -2.39. The first-order chi connectivity index (χ1) is 10.5. The molecule has 0 aliphatic carbocycles. The topological polar surface area (TPSA) is 64.4 Å². The van der Waals surface area contributed by atoms with E-state index in [4.69, 9.17) is 4.74 Å². The van der Waals surface area contributed by atoms with Crippen LogP contribution in [0.1, 0.15) is 51.3 Å². The van der Waals surface area contributed by atoms with Crippen molar-refractivity contribution in [3.05, 3.63) is 18.2 Å². The highest BCUT2D eigenvalue weighted by Crippen LogP contribution is 2.35. The van der Waals surface area contributed by atoms with Gasteiger partial charge in [0, 0.05) is 31.3 Å². The van der Waals surface area contributed by atoms with Gasteiger partial charge in [-0.15, -0.1) is 0 Å².